The number of nitrogens with zero attached hydrogens (tertiary/aromatic N) is 4. The Morgan fingerprint density at radius 3 is 2.62 bits per heavy atom. The van der Waals surface area contributed by atoms with Crippen LogP contribution >= 0.6 is 0 Å². The van der Waals surface area contributed by atoms with E-state index in [0.29, 0.717) is 11.7 Å². The number of aromatic nitrogens is 2. The highest BCUT2D eigenvalue weighted by atomic mass is 15.2. The third-order valence-corrected chi connectivity index (χ3v) is 3.20. The first-order valence-electron chi connectivity index (χ1n) is 5.86. The van der Waals surface area contributed by atoms with Crippen LogP contribution in [-0.4, -0.2) is 22.6 Å². The number of hydrogen-bond donors (Lipinski definition) is 0. The van der Waals surface area contributed by atoms with Crippen molar-refractivity contribution in [1.82, 2.24) is 9.97 Å². The van der Waals surface area contributed by atoms with Gasteiger partial charge in [0, 0.05) is 25.0 Å². The first-order valence-corrected chi connectivity index (χ1v) is 5.86. The maximum Gasteiger partial charge on any atom is 0.183 e. The third-order valence-electron chi connectivity index (χ3n) is 3.20. The lowest BCUT2D eigenvalue weighted by molar-refractivity contribution is 0.705. The van der Waals surface area contributed by atoms with Crippen LogP contribution in [0.15, 0.2) is 12.4 Å². The molecule has 2 aliphatic rings. The van der Waals surface area contributed by atoms with E-state index in [1.165, 1.54) is 25.7 Å². The fourth-order valence-corrected chi connectivity index (χ4v) is 1.99. The Bertz CT molecular complexity index is 429. The molecule has 1 heterocycles. The number of nitriles is 1. The van der Waals surface area contributed by atoms with Gasteiger partial charge in [0.15, 0.2) is 11.5 Å². The minimum absolute atomic E-state index is 0.468. The minimum atomic E-state index is 0.468. The average Bonchev–Trinajstić information content (AvgIpc) is 3.16. The van der Waals surface area contributed by atoms with E-state index in [4.69, 9.17) is 5.26 Å². The molecule has 16 heavy (non-hydrogen) atoms. The zero-order chi connectivity index (χ0) is 11.0. The van der Waals surface area contributed by atoms with Gasteiger partial charge in [0.25, 0.3) is 0 Å². The number of hydrogen-bond acceptors (Lipinski definition) is 4. The topological polar surface area (TPSA) is 52.8 Å². The van der Waals surface area contributed by atoms with Crippen molar-refractivity contribution in [3.63, 3.8) is 0 Å². The highest BCUT2D eigenvalue weighted by molar-refractivity contribution is 5.51. The van der Waals surface area contributed by atoms with Crippen molar-refractivity contribution in [2.45, 2.75) is 31.7 Å². The van der Waals surface area contributed by atoms with Crippen LogP contribution < -0.4 is 4.90 Å². The summed E-state index contributed by atoms with van der Waals surface area (Å²) in [4.78, 5) is 10.7. The van der Waals surface area contributed by atoms with Crippen LogP contribution in [0.25, 0.3) is 0 Å². The van der Waals surface area contributed by atoms with Crippen molar-refractivity contribution in [3.8, 4) is 6.07 Å². The Kier molecular flexibility index (Phi) is 2.24. The van der Waals surface area contributed by atoms with Crippen LogP contribution in [0.5, 0.6) is 0 Å². The van der Waals surface area contributed by atoms with Crippen molar-refractivity contribution in [3.05, 3.63) is 18.1 Å². The van der Waals surface area contributed by atoms with Crippen molar-refractivity contribution in [2.24, 2.45) is 5.92 Å². The lowest BCUT2D eigenvalue weighted by Gasteiger charge is -2.23. The molecule has 2 fully saturated rings. The van der Waals surface area contributed by atoms with Gasteiger partial charge in [-0.1, -0.05) is 0 Å². The molecule has 2 aliphatic carbocycles. The Hall–Kier alpha value is -1.63. The van der Waals surface area contributed by atoms with E-state index in [1.54, 1.807) is 12.4 Å². The highest BCUT2D eigenvalue weighted by Gasteiger charge is 2.35. The number of rotatable bonds is 4. The maximum atomic E-state index is 9.04. The van der Waals surface area contributed by atoms with Gasteiger partial charge in [0.2, 0.25) is 0 Å². The minimum Gasteiger partial charge on any atom is -0.351 e. The monoisotopic (exact) mass is 214 g/mol. The van der Waals surface area contributed by atoms with Gasteiger partial charge in [-0.05, 0) is 31.6 Å². The summed E-state index contributed by atoms with van der Waals surface area (Å²) < 4.78 is 0. The van der Waals surface area contributed by atoms with E-state index < -0.39 is 0 Å². The van der Waals surface area contributed by atoms with Crippen molar-refractivity contribution >= 4 is 5.82 Å². The first-order chi connectivity index (χ1) is 7.88. The molecule has 0 bridgehead atoms. The Morgan fingerprint density at radius 2 is 2.00 bits per heavy atom. The SMILES string of the molecule is N#Cc1nccnc1N(CC1CC1)C1CC1. The highest BCUT2D eigenvalue weighted by Crippen LogP contribution is 2.37. The summed E-state index contributed by atoms with van der Waals surface area (Å²) in [5, 5.41) is 9.04. The first kappa shape index (κ1) is 9.59. The fourth-order valence-electron chi connectivity index (χ4n) is 1.99. The van der Waals surface area contributed by atoms with Gasteiger partial charge in [-0.15, -0.1) is 0 Å². The molecule has 3 rings (SSSR count). The molecule has 0 N–H and O–H groups in total. The predicted octanol–water partition coefficient (Wildman–Crippen LogP) is 1.73. The zero-order valence-corrected chi connectivity index (χ0v) is 9.13. The summed E-state index contributed by atoms with van der Waals surface area (Å²) in [6.45, 7) is 1.05. The quantitative estimate of drug-likeness (QED) is 0.766. The summed E-state index contributed by atoms with van der Waals surface area (Å²) in [5.41, 5.74) is 0.468. The standard InChI is InChI=1S/C12H14N4/c13-7-11-12(15-6-5-14-11)16(10-3-4-10)8-9-1-2-9/h5-6,9-10H,1-4,8H2. The summed E-state index contributed by atoms with van der Waals surface area (Å²) in [5.74, 6) is 1.61. The van der Waals surface area contributed by atoms with Gasteiger partial charge in [0.1, 0.15) is 6.07 Å². The van der Waals surface area contributed by atoms with Gasteiger partial charge in [0.05, 0.1) is 0 Å². The summed E-state index contributed by atoms with van der Waals surface area (Å²) in [6, 6.07) is 2.74. The second-order valence-electron chi connectivity index (χ2n) is 4.67. The average molecular weight is 214 g/mol. The van der Waals surface area contributed by atoms with Crippen molar-refractivity contribution in [2.75, 3.05) is 11.4 Å². The van der Waals surface area contributed by atoms with Crippen LogP contribution in [0, 0.1) is 17.2 Å². The molecule has 0 atom stereocenters. The second-order valence-corrected chi connectivity index (χ2v) is 4.67. The van der Waals surface area contributed by atoms with Crippen LogP contribution in [-0.2, 0) is 0 Å². The lowest BCUT2D eigenvalue weighted by Crippen LogP contribution is -2.29. The van der Waals surface area contributed by atoms with E-state index in [9.17, 15) is 0 Å². The zero-order valence-electron chi connectivity index (χ0n) is 9.13. The molecule has 0 spiro atoms. The molecule has 4 heteroatoms. The Balaban J connectivity index is 1.88. The molecule has 1 aromatic heterocycles. The summed E-state index contributed by atoms with van der Waals surface area (Å²) in [6.07, 6.45) is 8.38. The molecule has 1 aromatic rings. The second kappa shape index (κ2) is 3.75. The van der Waals surface area contributed by atoms with Gasteiger partial charge >= 0.3 is 0 Å². The summed E-state index contributed by atoms with van der Waals surface area (Å²) in [7, 11) is 0. The van der Waals surface area contributed by atoms with E-state index in [0.717, 1.165) is 18.3 Å². The molecule has 2 saturated carbocycles. The number of anilines is 1. The fraction of sp³-hybridized carbons (Fsp3) is 0.583. The van der Waals surface area contributed by atoms with E-state index in [-0.39, 0.29) is 0 Å². The molecule has 82 valence electrons. The third kappa shape index (κ3) is 1.85. The van der Waals surface area contributed by atoms with Gasteiger partial charge in [-0.3, -0.25) is 0 Å². The van der Waals surface area contributed by atoms with Crippen molar-refractivity contribution in [1.29, 1.82) is 5.26 Å². The molecular formula is C12H14N4. The molecule has 0 unspecified atom stereocenters. The maximum absolute atomic E-state index is 9.04. The largest absolute Gasteiger partial charge is 0.351 e. The van der Waals surface area contributed by atoms with Crippen LogP contribution in [0.3, 0.4) is 0 Å². The molecular weight excluding hydrogens is 200 g/mol. The van der Waals surface area contributed by atoms with Crippen LogP contribution in [0.1, 0.15) is 31.4 Å². The van der Waals surface area contributed by atoms with Crippen molar-refractivity contribution < 1.29 is 0 Å². The Morgan fingerprint density at radius 1 is 1.25 bits per heavy atom. The molecule has 0 amide bonds. The van der Waals surface area contributed by atoms with Crippen LogP contribution in [0.4, 0.5) is 5.82 Å². The smallest absolute Gasteiger partial charge is 0.183 e. The van der Waals surface area contributed by atoms with Gasteiger partial charge < -0.3 is 4.90 Å². The Labute approximate surface area is 94.9 Å². The molecule has 0 aromatic carbocycles. The van der Waals surface area contributed by atoms with Gasteiger partial charge in [-0.2, -0.15) is 5.26 Å². The van der Waals surface area contributed by atoms with Gasteiger partial charge in [-0.25, -0.2) is 9.97 Å². The van der Waals surface area contributed by atoms with Crippen LogP contribution in [0.2, 0.25) is 0 Å². The molecule has 4 nitrogen and oxygen atoms in total. The molecule has 0 aliphatic heterocycles. The molecule has 0 saturated heterocycles. The predicted molar refractivity (Wildman–Crippen MR) is 59.8 cm³/mol. The summed E-state index contributed by atoms with van der Waals surface area (Å²) >= 11 is 0. The van der Waals surface area contributed by atoms with E-state index in [1.807, 2.05) is 0 Å². The molecule has 0 radical (unpaired) electrons. The van der Waals surface area contributed by atoms with E-state index in [2.05, 4.69) is 20.9 Å². The normalized spacial score (nSPS) is 19.2. The lowest BCUT2D eigenvalue weighted by atomic mass is 10.3. The van der Waals surface area contributed by atoms with E-state index >= 15 is 0 Å².